The van der Waals surface area contributed by atoms with Gasteiger partial charge in [0.25, 0.3) is 5.91 Å². The Labute approximate surface area is 247 Å². The second kappa shape index (κ2) is 13.6. The highest BCUT2D eigenvalue weighted by Gasteiger charge is 2.40. The zero-order chi connectivity index (χ0) is 30.5. The standard InChI is InChI=1S/C31H41ClN2O7/c1-18(2)14-22(30(37)40-8)33-26(35)16-25-29(36)34(17-31(3,4)5)23-13-12-19(32)15-21(23)27(41-25)20-10-9-11-24(38-6)28(20)39-7/h9-13,15,18,22,25,27H,14,16-17H2,1-8H3,(H,33,35)/t22-,25-,27-/m1/s1. The van der Waals surface area contributed by atoms with Crippen LogP contribution in [0.1, 0.15) is 64.7 Å². The number of ether oxygens (including phenoxy) is 4. The molecule has 0 aromatic heterocycles. The average Bonchev–Trinajstić information content (AvgIpc) is 3.00. The molecule has 0 bridgehead atoms. The molecule has 1 aliphatic heterocycles. The summed E-state index contributed by atoms with van der Waals surface area (Å²) < 4.78 is 22.7. The summed E-state index contributed by atoms with van der Waals surface area (Å²) in [4.78, 5) is 41.5. The first kappa shape index (κ1) is 32.2. The molecule has 2 amide bonds. The number of fused-ring (bicyclic) bond motifs is 1. The Morgan fingerprint density at radius 1 is 1.07 bits per heavy atom. The molecule has 3 rings (SSSR count). The number of para-hydroxylation sites is 1. The smallest absolute Gasteiger partial charge is 0.328 e. The van der Waals surface area contributed by atoms with Crippen LogP contribution in [-0.4, -0.2) is 57.8 Å². The number of hydrogen-bond donors (Lipinski definition) is 1. The molecule has 41 heavy (non-hydrogen) atoms. The molecular weight excluding hydrogens is 548 g/mol. The summed E-state index contributed by atoms with van der Waals surface area (Å²) in [6.45, 7) is 10.3. The fraction of sp³-hybridized carbons (Fsp3) is 0.516. The van der Waals surface area contributed by atoms with Gasteiger partial charge in [-0.2, -0.15) is 0 Å². The number of rotatable bonds is 10. The number of amides is 2. The summed E-state index contributed by atoms with van der Waals surface area (Å²) >= 11 is 6.47. The van der Waals surface area contributed by atoms with Crippen molar-refractivity contribution in [3.63, 3.8) is 0 Å². The maximum Gasteiger partial charge on any atom is 0.328 e. The molecule has 0 unspecified atom stereocenters. The largest absolute Gasteiger partial charge is 0.493 e. The Morgan fingerprint density at radius 3 is 2.37 bits per heavy atom. The highest BCUT2D eigenvalue weighted by atomic mass is 35.5. The van der Waals surface area contributed by atoms with E-state index in [2.05, 4.69) is 5.32 Å². The molecular formula is C31H41ClN2O7. The molecule has 0 radical (unpaired) electrons. The highest BCUT2D eigenvalue weighted by Crippen LogP contribution is 2.45. The number of anilines is 1. The second-order valence-corrected chi connectivity index (χ2v) is 12.2. The lowest BCUT2D eigenvalue weighted by molar-refractivity contribution is -0.146. The van der Waals surface area contributed by atoms with E-state index < -0.39 is 30.1 Å². The van der Waals surface area contributed by atoms with Crippen molar-refractivity contribution in [1.29, 1.82) is 0 Å². The molecule has 3 atom stereocenters. The molecule has 2 aromatic rings. The lowest BCUT2D eigenvalue weighted by atomic mass is 9.94. The molecule has 224 valence electrons. The summed E-state index contributed by atoms with van der Waals surface area (Å²) in [5.74, 6) is -0.370. The number of hydrogen-bond acceptors (Lipinski definition) is 7. The van der Waals surface area contributed by atoms with Gasteiger partial charge in [0.2, 0.25) is 5.91 Å². The monoisotopic (exact) mass is 588 g/mol. The lowest BCUT2D eigenvalue weighted by Gasteiger charge is -2.31. The Hall–Kier alpha value is -3.30. The van der Waals surface area contributed by atoms with Gasteiger partial charge in [0, 0.05) is 28.4 Å². The zero-order valence-electron chi connectivity index (χ0n) is 25.1. The minimum atomic E-state index is -1.18. The fourth-order valence-electron chi connectivity index (χ4n) is 4.95. The van der Waals surface area contributed by atoms with Crippen LogP contribution in [0.15, 0.2) is 36.4 Å². The first-order valence-electron chi connectivity index (χ1n) is 13.6. The van der Waals surface area contributed by atoms with Gasteiger partial charge >= 0.3 is 5.97 Å². The number of carbonyl (C=O) groups excluding carboxylic acids is 3. The van der Waals surface area contributed by atoms with Gasteiger partial charge < -0.3 is 29.2 Å². The van der Waals surface area contributed by atoms with Crippen molar-refractivity contribution < 1.29 is 33.3 Å². The first-order chi connectivity index (χ1) is 19.3. The molecule has 0 fully saturated rings. The number of nitrogens with one attached hydrogen (secondary N) is 1. The van der Waals surface area contributed by atoms with E-state index in [1.165, 1.54) is 21.3 Å². The van der Waals surface area contributed by atoms with Crippen LogP contribution in [0.3, 0.4) is 0 Å². The van der Waals surface area contributed by atoms with Crippen molar-refractivity contribution in [2.45, 2.75) is 65.7 Å². The summed E-state index contributed by atoms with van der Waals surface area (Å²) in [6.07, 6.45) is -1.92. The van der Waals surface area contributed by atoms with Crippen LogP contribution >= 0.6 is 11.6 Å². The molecule has 2 aromatic carbocycles. The second-order valence-electron chi connectivity index (χ2n) is 11.8. The summed E-state index contributed by atoms with van der Waals surface area (Å²) in [5, 5.41) is 3.21. The van der Waals surface area contributed by atoms with Gasteiger partial charge in [-0.05, 0) is 42.0 Å². The minimum Gasteiger partial charge on any atom is -0.493 e. The molecule has 1 aliphatic rings. The van der Waals surface area contributed by atoms with Crippen LogP contribution < -0.4 is 19.7 Å². The normalized spacial score (nSPS) is 17.9. The summed E-state index contributed by atoms with van der Waals surface area (Å²) in [5.41, 5.74) is 1.61. The quantitative estimate of drug-likeness (QED) is 0.375. The van der Waals surface area contributed by atoms with E-state index in [1.54, 1.807) is 35.2 Å². The van der Waals surface area contributed by atoms with E-state index in [0.29, 0.717) is 46.3 Å². The van der Waals surface area contributed by atoms with E-state index in [4.69, 9.17) is 30.5 Å². The van der Waals surface area contributed by atoms with Crippen molar-refractivity contribution in [3.8, 4) is 11.5 Å². The van der Waals surface area contributed by atoms with E-state index >= 15 is 0 Å². The van der Waals surface area contributed by atoms with Crippen LogP contribution in [0, 0.1) is 11.3 Å². The van der Waals surface area contributed by atoms with Gasteiger partial charge in [0.1, 0.15) is 18.2 Å². The van der Waals surface area contributed by atoms with E-state index in [9.17, 15) is 14.4 Å². The molecule has 1 heterocycles. The lowest BCUT2D eigenvalue weighted by Crippen LogP contribution is -2.47. The van der Waals surface area contributed by atoms with Crippen LogP contribution in [0.4, 0.5) is 5.69 Å². The predicted molar refractivity (Wildman–Crippen MR) is 158 cm³/mol. The van der Waals surface area contributed by atoms with Gasteiger partial charge in [-0.25, -0.2) is 4.79 Å². The molecule has 0 spiro atoms. The Morgan fingerprint density at radius 2 is 1.78 bits per heavy atom. The first-order valence-corrected chi connectivity index (χ1v) is 14.0. The number of methoxy groups -OCH3 is 3. The van der Waals surface area contributed by atoms with Crippen molar-refractivity contribution in [3.05, 3.63) is 52.5 Å². The Bertz CT molecular complexity index is 1260. The topological polar surface area (TPSA) is 103 Å². The van der Waals surface area contributed by atoms with Crippen LogP contribution in [0.5, 0.6) is 11.5 Å². The average molecular weight is 589 g/mol. The summed E-state index contributed by atoms with van der Waals surface area (Å²) in [6, 6.07) is 9.84. The van der Waals surface area contributed by atoms with Crippen molar-refractivity contribution in [2.24, 2.45) is 11.3 Å². The minimum absolute atomic E-state index is 0.126. The van der Waals surface area contributed by atoms with Crippen molar-refractivity contribution in [2.75, 3.05) is 32.8 Å². The highest BCUT2D eigenvalue weighted by molar-refractivity contribution is 6.30. The number of benzene rings is 2. The molecule has 0 aliphatic carbocycles. The van der Waals surface area contributed by atoms with Gasteiger partial charge in [-0.1, -0.05) is 58.4 Å². The van der Waals surface area contributed by atoms with Gasteiger partial charge in [0.05, 0.1) is 27.8 Å². The number of carbonyl (C=O) groups is 3. The molecule has 0 saturated carbocycles. The van der Waals surface area contributed by atoms with Crippen molar-refractivity contribution in [1.82, 2.24) is 5.32 Å². The van der Waals surface area contributed by atoms with Crippen LogP contribution in [-0.2, 0) is 23.9 Å². The predicted octanol–water partition coefficient (Wildman–Crippen LogP) is 5.32. The summed E-state index contributed by atoms with van der Waals surface area (Å²) in [7, 11) is 4.34. The number of esters is 1. The van der Waals surface area contributed by atoms with Gasteiger partial charge in [0.15, 0.2) is 11.5 Å². The van der Waals surface area contributed by atoms with Gasteiger partial charge in [-0.15, -0.1) is 0 Å². The molecule has 1 N–H and O–H groups in total. The Kier molecular flexibility index (Phi) is 10.7. The molecule has 10 heteroatoms. The molecule has 9 nitrogen and oxygen atoms in total. The Balaban J connectivity index is 2.12. The maximum atomic E-state index is 14.2. The van der Waals surface area contributed by atoms with Crippen LogP contribution in [0.25, 0.3) is 0 Å². The van der Waals surface area contributed by atoms with E-state index in [1.807, 2.05) is 40.7 Å². The van der Waals surface area contributed by atoms with E-state index in [-0.39, 0.29) is 23.7 Å². The third-order valence-corrected chi connectivity index (χ3v) is 6.89. The van der Waals surface area contributed by atoms with E-state index in [0.717, 1.165) is 0 Å². The third-order valence-electron chi connectivity index (χ3n) is 6.65. The van der Waals surface area contributed by atoms with Crippen molar-refractivity contribution >= 4 is 35.1 Å². The van der Waals surface area contributed by atoms with Crippen LogP contribution in [0.2, 0.25) is 5.02 Å². The zero-order valence-corrected chi connectivity index (χ0v) is 25.8. The number of nitrogens with zero attached hydrogens (tertiary/aromatic N) is 1. The fourth-order valence-corrected chi connectivity index (χ4v) is 5.13. The maximum absolute atomic E-state index is 14.2. The SMILES string of the molecule is COC(=O)[C@@H](CC(C)C)NC(=O)C[C@H]1O[C@H](c2cccc(OC)c2OC)c2cc(Cl)ccc2N(CC(C)(C)C)C1=O. The molecule has 0 saturated heterocycles. The third kappa shape index (κ3) is 7.92. The van der Waals surface area contributed by atoms with Gasteiger partial charge in [-0.3, -0.25) is 9.59 Å². The number of halogens is 1.